The lowest BCUT2D eigenvalue weighted by molar-refractivity contribution is -0.140. The van der Waals surface area contributed by atoms with Gasteiger partial charge in [-0.05, 0) is 67.5 Å². The summed E-state index contributed by atoms with van der Waals surface area (Å²) in [6, 6.07) is 11.4. The van der Waals surface area contributed by atoms with E-state index in [1.165, 1.54) is 5.56 Å². The monoisotopic (exact) mass is 477 g/mol. The number of carbonyl (C=O) groups is 1. The molecule has 2 atom stereocenters. The highest BCUT2D eigenvalue weighted by Crippen LogP contribution is 2.28. The Kier molecular flexibility index (Phi) is 7.56. The van der Waals surface area contributed by atoms with Crippen LogP contribution in [-0.4, -0.2) is 42.9 Å². The molecule has 0 spiro atoms. The summed E-state index contributed by atoms with van der Waals surface area (Å²) in [6.45, 7) is 10.1. The largest absolute Gasteiger partial charge is 0.481 e. The number of hydrogen-bond acceptors (Lipinski definition) is 4. The van der Waals surface area contributed by atoms with E-state index in [9.17, 15) is 13.2 Å². The fourth-order valence-corrected chi connectivity index (χ4v) is 5.91. The average Bonchev–Trinajstić information content (AvgIpc) is 3.09. The molecule has 5 nitrogen and oxygen atoms in total. The van der Waals surface area contributed by atoms with Crippen LogP contribution >= 0.6 is 11.6 Å². The summed E-state index contributed by atoms with van der Waals surface area (Å²) in [5.41, 5.74) is 3.95. The predicted octanol–water partition coefficient (Wildman–Crippen LogP) is 5.06. The summed E-state index contributed by atoms with van der Waals surface area (Å²) >= 11 is 6.25. The molecule has 0 saturated carbocycles. The number of aryl methyl sites for hydroxylation is 2. The van der Waals surface area contributed by atoms with Gasteiger partial charge in [-0.2, -0.15) is 0 Å². The van der Waals surface area contributed by atoms with Gasteiger partial charge >= 0.3 is 0 Å². The molecule has 1 aliphatic heterocycles. The lowest BCUT2D eigenvalue weighted by Crippen LogP contribution is -2.46. The van der Waals surface area contributed by atoms with Crippen molar-refractivity contribution in [1.82, 2.24) is 4.90 Å². The lowest BCUT2D eigenvalue weighted by Gasteiger charge is -2.31. The van der Waals surface area contributed by atoms with Crippen LogP contribution in [0.5, 0.6) is 5.75 Å². The Labute approximate surface area is 196 Å². The number of halogens is 1. The van der Waals surface area contributed by atoms with Crippen molar-refractivity contribution in [3.05, 3.63) is 63.7 Å². The van der Waals surface area contributed by atoms with Crippen LogP contribution in [0.1, 0.15) is 55.4 Å². The first-order chi connectivity index (χ1) is 15.0. The molecule has 0 radical (unpaired) electrons. The molecule has 1 amide bonds. The number of carbonyl (C=O) groups excluding carboxylic acids is 1. The molecule has 1 fully saturated rings. The van der Waals surface area contributed by atoms with E-state index < -0.39 is 15.9 Å². The third-order valence-corrected chi connectivity index (χ3v) is 8.35. The van der Waals surface area contributed by atoms with E-state index in [4.69, 9.17) is 16.3 Å². The van der Waals surface area contributed by atoms with E-state index >= 15 is 0 Å². The number of rotatable bonds is 7. The fourth-order valence-electron chi connectivity index (χ4n) is 4.08. The summed E-state index contributed by atoms with van der Waals surface area (Å²) in [5.74, 6) is 0.880. The molecule has 1 saturated heterocycles. The molecule has 1 heterocycles. The van der Waals surface area contributed by atoms with Gasteiger partial charge in [-0.1, -0.05) is 49.7 Å². The molecule has 0 unspecified atom stereocenters. The van der Waals surface area contributed by atoms with Gasteiger partial charge in [-0.3, -0.25) is 4.79 Å². The van der Waals surface area contributed by atoms with Crippen LogP contribution in [0, 0.1) is 13.8 Å². The fraction of sp³-hybridized carbons (Fsp3) is 0.480. The maximum Gasteiger partial charge on any atom is 0.263 e. The topological polar surface area (TPSA) is 63.7 Å². The Balaban J connectivity index is 1.82. The van der Waals surface area contributed by atoms with Crippen molar-refractivity contribution < 1.29 is 17.9 Å². The zero-order chi connectivity index (χ0) is 23.6. The van der Waals surface area contributed by atoms with E-state index in [-0.39, 0.29) is 23.5 Å². The summed E-state index contributed by atoms with van der Waals surface area (Å²) in [6.07, 6.45) is -0.308. The van der Waals surface area contributed by atoms with E-state index in [2.05, 4.69) is 26.0 Å². The maximum absolute atomic E-state index is 13.4. The zero-order valence-electron chi connectivity index (χ0n) is 19.4. The van der Waals surface area contributed by atoms with E-state index in [0.717, 1.165) is 16.7 Å². The number of ether oxygens (including phenoxy) is 1. The van der Waals surface area contributed by atoms with Gasteiger partial charge in [0.15, 0.2) is 15.9 Å². The molecule has 1 aliphatic rings. The molecular formula is C25H32ClNO4S. The predicted molar refractivity (Wildman–Crippen MR) is 129 cm³/mol. The second kappa shape index (κ2) is 9.84. The minimum atomic E-state index is -3.13. The summed E-state index contributed by atoms with van der Waals surface area (Å²) in [5, 5.41) is 0.680. The third-order valence-electron chi connectivity index (χ3n) is 6.00. The number of benzene rings is 2. The number of amides is 1. The van der Waals surface area contributed by atoms with Gasteiger partial charge in [-0.15, -0.1) is 0 Å². The van der Waals surface area contributed by atoms with Gasteiger partial charge in [0.25, 0.3) is 5.91 Å². The Morgan fingerprint density at radius 2 is 1.72 bits per heavy atom. The van der Waals surface area contributed by atoms with Crippen molar-refractivity contribution in [2.24, 2.45) is 0 Å². The zero-order valence-corrected chi connectivity index (χ0v) is 21.0. The molecule has 0 aromatic heterocycles. The quantitative estimate of drug-likeness (QED) is 0.558. The van der Waals surface area contributed by atoms with Gasteiger partial charge in [0.05, 0.1) is 11.5 Å². The average molecular weight is 478 g/mol. The Hall–Kier alpha value is -2.05. The van der Waals surface area contributed by atoms with Crippen LogP contribution in [0.25, 0.3) is 0 Å². The van der Waals surface area contributed by atoms with E-state index in [1.54, 1.807) is 11.8 Å². The molecule has 0 bridgehead atoms. The summed E-state index contributed by atoms with van der Waals surface area (Å²) < 4.78 is 30.2. The molecular weight excluding hydrogens is 446 g/mol. The molecule has 0 N–H and O–H groups in total. The Morgan fingerprint density at radius 3 is 2.22 bits per heavy atom. The van der Waals surface area contributed by atoms with Gasteiger partial charge in [0.1, 0.15) is 5.75 Å². The molecule has 2 aromatic rings. The highest BCUT2D eigenvalue weighted by molar-refractivity contribution is 7.91. The molecule has 32 heavy (non-hydrogen) atoms. The molecule has 2 aromatic carbocycles. The van der Waals surface area contributed by atoms with Crippen molar-refractivity contribution in [1.29, 1.82) is 0 Å². The highest BCUT2D eigenvalue weighted by Gasteiger charge is 2.36. The smallest absolute Gasteiger partial charge is 0.263 e. The lowest BCUT2D eigenvalue weighted by atomic mass is 10.0. The first-order valence-corrected chi connectivity index (χ1v) is 13.2. The van der Waals surface area contributed by atoms with Crippen molar-refractivity contribution in [3.63, 3.8) is 0 Å². The van der Waals surface area contributed by atoms with E-state index in [0.29, 0.717) is 29.7 Å². The van der Waals surface area contributed by atoms with Crippen LogP contribution in [-0.2, 0) is 21.2 Å². The number of nitrogens with zero attached hydrogens (tertiary/aromatic N) is 1. The van der Waals surface area contributed by atoms with Crippen LogP contribution in [0.2, 0.25) is 5.02 Å². The Bertz CT molecular complexity index is 1060. The van der Waals surface area contributed by atoms with Crippen molar-refractivity contribution in [3.8, 4) is 5.75 Å². The van der Waals surface area contributed by atoms with Gasteiger partial charge in [0.2, 0.25) is 0 Å². The SMILES string of the molecule is Cc1cc(O[C@@H](C)C(=O)N(Cc2ccc(C(C)C)cc2)[C@@H]2CCS(=O)(=O)C2)cc(C)c1Cl. The second-order valence-corrected chi connectivity index (χ2v) is 11.7. The van der Waals surface area contributed by atoms with Gasteiger partial charge < -0.3 is 9.64 Å². The Morgan fingerprint density at radius 1 is 1.12 bits per heavy atom. The van der Waals surface area contributed by atoms with E-state index in [1.807, 2.05) is 38.1 Å². The minimum Gasteiger partial charge on any atom is -0.481 e. The van der Waals surface area contributed by atoms with Crippen LogP contribution in [0.4, 0.5) is 0 Å². The number of sulfone groups is 1. The molecule has 7 heteroatoms. The minimum absolute atomic E-state index is 0.00526. The third kappa shape index (κ3) is 5.84. The molecule has 3 rings (SSSR count). The number of hydrogen-bond donors (Lipinski definition) is 0. The van der Waals surface area contributed by atoms with Crippen LogP contribution in [0.15, 0.2) is 36.4 Å². The summed E-state index contributed by atoms with van der Waals surface area (Å²) in [4.78, 5) is 15.1. The van der Waals surface area contributed by atoms with Crippen molar-refractivity contribution in [2.45, 2.75) is 65.6 Å². The summed E-state index contributed by atoms with van der Waals surface area (Å²) in [7, 11) is -3.13. The first kappa shape index (κ1) is 24.6. The normalized spacial score (nSPS) is 18.5. The highest BCUT2D eigenvalue weighted by atomic mass is 35.5. The van der Waals surface area contributed by atoms with Crippen LogP contribution < -0.4 is 4.74 Å². The standard InChI is InChI=1S/C25H32ClNO4S/c1-16(2)21-8-6-20(7-9-21)14-27(22-10-11-32(29,30)15-22)25(28)19(5)31-23-12-17(3)24(26)18(4)13-23/h6-9,12-13,16,19,22H,10-11,14-15H2,1-5H3/t19-,22+/m0/s1. The van der Waals surface area contributed by atoms with Gasteiger partial charge in [0, 0.05) is 17.6 Å². The second-order valence-electron chi connectivity index (χ2n) is 9.05. The molecule has 174 valence electrons. The first-order valence-electron chi connectivity index (χ1n) is 11.0. The van der Waals surface area contributed by atoms with Crippen molar-refractivity contribution in [2.75, 3.05) is 11.5 Å². The maximum atomic E-state index is 13.4. The van der Waals surface area contributed by atoms with Crippen molar-refractivity contribution >= 4 is 27.3 Å². The molecule has 0 aliphatic carbocycles. The van der Waals surface area contributed by atoms with Crippen LogP contribution in [0.3, 0.4) is 0 Å². The van der Waals surface area contributed by atoms with Gasteiger partial charge in [-0.25, -0.2) is 8.42 Å².